The zero-order valence-electron chi connectivity index (χ0n) is 11.0. The Labute approximate surface area is 108 Å². The van der Waals surface area contributed by atoms with Crippen molar-refractivity contribution in [2.45, 2.75) is 26.8 Å². The first kappa shape index (κ1) is 11.5. The van der Waals surface area contributed by atoms with Gasteiger partial charge >= 0.3 is 0 Å². The molecule has 18 heavy (non-hydrogen) atoms. The van der Waals surface area contributed by atoms with E-state index in [2.05, 4.69) is 53.2 Å². The number of nitrogens with zero attached hydrogens (tertiary/aromatic N) is 2. The van der Waals surface area contributed by atoms with Crippen LogP contribution in [0.2, 0.25) is 0 Å². The number of likely N-dealkylation sites (N-methyl/N-ethyl adjacent to an activating group) is 1. The van der Waals surface area contributed by atoms with Gasteiger partial charge in [-0.1, -0.05) is 30.7 Å². The van der Waals surface area contributed by atoms with Gasteiger partial charge in [0.15, 0.2) is 0 Å². The lowest BCUT2D eigenvalue weighted by Crippen LogP contribution is -2.30. The number of fused-ring (bicyclic) bond motifs is 1. The minimum Gasteiger partial charge on any atom is -0.299 e. The van der Waals surface area contributed by atoms with Gasteiger partial charge in [0.1, 0.15) is 0 Å². The molecule has 0 amide bonds. The molecule has 0 saturated heterocycles. The summed E-state index contributed by atoms with van der Waals surface area (Å²) in [6.07, 6.45) is 1.09. The van der Waals surface area contributed by atoms with Crippen LogP contribution in [-0.4, -0.2) is 28.2 Å². The average Bonchev–Trinajstić information content (AvgIpc) is 2.81. The molecule has 0 saturated carbocycles. The second kappa shape index (κ2) is 4.58. The lowest BCUT2D eigenvalue weighted by Gasteiger charge is -2.25. The molecule has 3 rings (SSSR count). The zero-order chi connectivity index (χ0) is 12.5. The summed E-state index contributed by atoms with van der Waals surface area (Å²) in [5.74, 6) is 0. The maximum atomic E-state index is 4.53. The van der Waals surface area contributed by atoms with E-state index >= 15 is 0 Å². The summed E-state index contributed by atoms with van der Waals surface area (Å²) in [6, 6.07) is 8.59. The van der Waals surface area contributed by atoms with Crippen molar-refractivity contribution in [2.75, 3.05) is 13.1 Å². The molecular formula is C15H19N3. The van der Waals surface area contributed by atoms with Crippen molar-refractivity contribution >= 4 is 0 Å². The highest BCUT2D eigenvalue weighted by Crippen LogP contribution is 2.28. The topological polar surface area (TPSA) is 31.9 Å². The zero-order valence-corrected chi connectivity index (χ0v) is 11.0. The highest BCUT2D eigenvalue weighted by molar-refractivity contribution is 5.65. The SMILES string of the molecule is CCN1CCc2[nH]nc(-c3cccc(C)c3)c2C1. The summed E-state index contributed by atoms with van der Waals surface area (Å²) in [4.78, 5) is 2.47. The Balaban J connectivity index is 2.02. The third-order valence-electron chi connectivity index (χ3n) is 3.75. The highest BCUT2D eigenvalue weighted by Gasteiger charge is 2.21. The number of benzene rings is 1. The van der Waals surface area contributed by atoms with Crippen LogP contribution in [0.3, 0.4) is 0 Å². The van der Waals surface area contributed by atoms with Gasteiger partial charge in [0.25, 0.3) is 0 Å². The van der Waals surface area contributed by atoms with Crippen molar-refractivity contribution in [3.63, 3.8) is 0 Å². The molecule has 1 aliphatic rings. The van der Waals surface area contributed by atoms with Gasteiger partial charge in [-0.25, -0.2) is 0 Å². The fourth-order valence-corrected chi connectivity index (χ4v) is 2.65. The Morgan fingerprint density at radius 1 is 1.39 bits per heavy atom. The van der Waals surface area contributed by atoms with E-state index in [4.69, 9.17) is 0 Å². The minimum atomic E-state index is 1.02. The van der Waals surface area contributed by atoms with Crippen molar-refractivity contribution in [3.8, 4) is 11.3 Å². The molecule has 0 aliphatic carbocycles. The van der Waals surface area contributed by atoms with Gasteiger partial charge in [0.2, 0.25) is 0 Å². The van der Waals surface area contributed by atoms with Crippen LogP contribution in [0.4, 0.5) is 0 Å². The van der Waals surface area contributed by atoms with Gasteiger partial charge in [-0.15, -0.1) is 0 Å². The Bertz CT molecular complexity index is 557. The second-order valence-corrected chi connectivity index (χ2v) is 5.02. The van der Waals surface area contributed by atoms with Crippen LogP contribution in [0.1, 0.15) is 23.7 Å². The van der Waals surface area contributed by atoms with E-state index in [1.165, 1.54) is 22.4 Å². The normalized spacial score (nSPS) is 15.7. The fraction of sp³-hybridized carbons (Fsp3) is 0.400. The van der Waals surface area contributed by atoms with Crippen molar-refractivity contribution in [1.29, 1.82) is 0 Å². The van der Waals surface area contributed by atoms with Crippen LogP contribution in [0, 0.1) is 6.92 Å². The Morgan fingerprint density at radius 3 is 3.06 bits per heavy atom. The molecule has 3 heteroatoms. The largest absolute Gasteiger partial charge is 0.299 e. The van der Waals surface area contributed by atoms with Crippen LogP contribution in [0.15, 0.2) is 24.3 Å². The predicted molar refractivity (Wildman–Crippen MR) is 73.4 cm³/mol. The van der Waals surface area contributed by atoms with E-state index in [-0.39, 0.29) is 0 Å². The maximum Gasteiger partial charge on any atom is 0.0968 e. The highest BCUT2D eigenvalue weighted by atomic mass is 15.2. The number of aromatic amines is 1. The van der Waals surface area contributed by atoms with Crippen molar-refractivity contribution in [2.24, 2.45) is 0 Å². The van der Waals surface area contributed by atoms with Crippen molar-refractivity contribution < 1.29 is 0 Å². The molecule has 0 radical (unpaired) electrons. The van der Waals surface area contributed by atoms with E-state index in [9.17, 15) is 0 Å². The molecule has 0 bridgehead atoms. The number of hydrogen-bond acceptors (Lipinski definition) is 2. The van der Waals surface area contributed by atoms with Gasteiger partial charge < -0.3 is 0 Å². The van der Waals surface area contributed by atoms with Gasteiger partial charge in [0.05, 0.1) is 5.69 Å². The molecule has 1 aromatic carbocycles. The van der Waals surface area contributed by atoms with E-state index < -0.39 is 0 Å². The number of nitrogens with one attached hydrogen (secondary N) is 1. The van der Waals surface area contributed by atoms with E-state index in [1.807, 2.05) is 0 Å². The summed E-state index contributed by atoms with van der Waals surface area (Å²) in [6.45, 7) is 7.61. The Morgan fingerprint density at radius 2 is 2.28 bits per heavy atom. The maximum absolute atomic E-state index is 4.53. The molecule has 0 fully saturated rings. The number of hydrogen-bond donors (Lipinski definition) is 1. The first-order valence-electron chi connectivity index (χ1n) is 6.63. The van der Waals surface area contributed by atoms with Gasteiger partial charge in [-0.3, -0.25) is 10.00 Å². The molecule has 3 nitrogen and oxygen atoms in total. The van der Waals surface area contributed by atoms with Gasteiger partial charge in [0, 0.05) is 36.3 Å². The summed E-state index contributed by atoms with van der Waals surface area (Å²) >= 11 is 0. The van der Waals surface area contributed by atoms with Crippen molar-refractivity contribution in [1.82, 2.24) is 15.1 Å². The molecule has 2 aromatic rings. The van der Waals surface area contributed by atoms with Gasteiger partial charge in [-0.2, -0.15) is 5.10 Å². The molecule has 0 atom stereocenters. The monoisotopic (exact) mass is 241 g/mol. The van der Waals surface area contributed by atoms with Crippen LogP contribution in [-0.2, 0) is 13.0 Å². The van der Waals surface area contributed by atoms with E-state index in [0.29, 0.717) is 0 Å². The number of H-pyrrole nitrogens is 1. The molecule has 0 spiro atoms. The smallest absolute Gasteiger partial charge is 0.0968 e. The first-order chi connectivity index (χ1) is 8.78. The molecular weight excluding hydrogens is 222 g/mol. The summed E-state index contributed by atoms with van der Waals surface area (Å²) in [5.41, 5.74) is 6.34. The predicted octanol–water partition coefficient (Wildman–Crippen LogP) is 2.76. The van der Waals surface area contributed by atoms with Crippen LogP contribution >= 0.6 is 0 Å². The molecule has 0 unspecified atom stereocenters. The van der Waals surface area contributed by atoms with Crippen LogP contribution < -0.4 is 0 Å². The van der Waals surface area contributed by atoms with Gasteiger partial charge in [-0.05, 0) is 19.5 Å². The third kappa shape index (κ3) is 1.95. The van der Waals surface area contributed by atoms with Crippen molar-refractivity contribution in [3.05, 3.63) is 41.1 Å². The number of aromatic nitrogens is 2. The minimum absolute atomic E-state index is 1.02. The molecule has 94 valence electrons. The lowest BCUT2D eigenvalue weighted by atomic mass is 10.00. The standard InChI is InChI=1S/C15H19N3/c1-3-18-8-7-14-13(10-18)15(17-16-14)12-6-4-5-11(2)9-12/h4-6,9H,3,7-8,10H2,1-2H3,(H,16,17). The number of rotatable bonds is 2. The summed E-state index contributed by atoms with van der Waals surface area (Å²) < 4.78 is 0. The average molecular weight is 241 g/mol. The molecule has 2 heterocycles. The van der Waals surface area contributed by atoms with Crippen LogP contribution in [0.25, 0.3) is 11.3 Å². The summed E-state index contributed by atoms with van der Waals surface area (Å²) in [5, 5.41) is 7.74. The quantitative estimate of drug-likeness (QED) is 0.876. The fourth-order valence-electron chi connectivity index (χ4n) is 2.65. The first-order valence-corrected chi connectivity index (χ1v) is 6.63. The third-order valence-corrected chi connectivity index (χ3v) is 3.75. The Hall–Kier alpha value is -1.61. The number of aryl methyl sites for hydroxylation is 1. The molecule has 1 aromatic heterocycles. The van der Waals surface area contributed by atoms with Crippen LogP contribution in [0.5, 0.6) is 0 Å². The molecule has 1 aliphatic heterocycles. The lowest BCUT2D eigenvalue weighted by molar-refractivity contribution is 0.267. The van der Waals surface area contributed by atoms with E-state index in [1.54, 1.807) is 0 Å². The Kier molecular flexibility index (Phi) is 2.92. The molecule has 1 N–H and O–H groups in total. The summed E-state index contributed by atoms with van der Waals surface area (Å²) in [7, 11) is 0. The van der Waals surface area contributed by atoms with E-state index in [0.717, 1.165) is 31.7 Å². The second-order valence-electron chi connectivity index (χ2n) is 5.02.